The van der Waals surface area contributed by atoms with Crippen molar-refractivity contribution in [1.29, 1.82) is 0 Å². The molecule has 2 aliphatic carbocycles. The molecule has 3 nitrogen and oxygen atoms in total. The van der Waals surface area contributed by atoms with E-state index in [2.05, 4.69) is 29.0 Å². The van der Waals surface area contributed by atoms with Gasteiger partial charge in [-0.2, -0.15) is 0 Å². The topological polar surface area (TPSA) is 18.5 Å². The Bertz CT molecular complexity index is 308. The second-order valence-electron chi connectivity index (χ2n) is 7.50. The van der Waals surface area contributed by atoms with Gasteiger partial charge in [-0.3, -0.25) is 9.80 Å². The SMILES string of the molecule is CCCC1CCC(NCC)C(N2CCN(C3CC3)CC2)C1. The Kier molecular flexibility index (Phi) is 5.58. The molecule has 0 aromatic heterocycles. The Morgan fingerprint density at radius 3 is 2.24 bits per heavy atom. The number of hydrogen-bond acceptors (Lipinski definition) is 3. The van der Waals surface area contributed by atoms with Crippen molar-refractivity contribution in [1.82, 2.24) is 15.1 Å². The average molecular weight is 293 g/mol. The first-order valence-electron chi connectivity index (χ1n) is 9.53. The summed E-state index contributed by atoms with van der Waals surface area (Å²) in [5.41, 5.74) is 0. The molecule has 1 heterocycles. The summed E-state index contributed by atoms with van der Waals surface area (Å²) >= 11 is 0. The Morgan fingerprint density at radius 2 is 1.62 bits per heavy atom. The van der Waals surface area contributed by atoms with E-state index in [0.29, 0.717) is 0 Å². The van der Waals surface area contributed by atoms with Crippen LogP contribution in [0.25, 0.3) is 0 Å². The molecular formula is C18H35N3. The Morgan fingerprint density at radius 1 is 0.905 bits per heavy atom. The average Bonchev–Trinajstić information content (AvgIpc) is 3.34. The zero-order valence-electron chi connectivity index (χ0n) is 14.2. The lowest BCUT2D eigenvalue weighted by atomic mass is 9.79. The van der Waals surface area contributed by atoms with E-state index in [0.717, 1.165) is 30.6 Å². The fourth-order valence-electron chi connectivity index (χ4n) is 4.68. The lowest BCUT2D eigenvalue weighted by Gasteiger charge is -2.46. The largest absolute Gasteiger partial charge is 0.313 e. The van der Waals surface area contributed by atoms with E-state index >= 15 is 0 Å². The summed E-state index contributed by atoms with van der Waals surface area (Å²) in [4.78, 5) is 5.57. The highest BCUT2D eigenvalue weighted by atomic mass is 15.3. The summed E-state index contributed by atoms with van der Waals surface area (Å²) in [5.74, 6) is 0.983. The van der Waals surface area contributed by atoms with Gasteiger partial charge in [-0.15, -0.1) is 0 Å². The van der Waals surface area contributed by atoms with Gasteiger partial charge in [0.1, 0.15) is 0 Å². The van der Waals surface area contributed by atoms with Gasteiger partial charge in [-0.05, 0) is 44.6 Å². The lowest BCUT2D eigenvalue weighted by Crippen LogP contribution is -2.58. The van der Waals surface area contributed by atoms with Crippen molar-refractivity contribution < 1.29 is 0 Å². The predicted molar refractivity (Wildman–Crippen MR) is 89.7 cm³/mol. The zero-order chi connectivity index (χ0) is 14.7. The van der Waals surface area contributed by atoms with E-state index in [4.69, 9.17) is 0 Å². The molecule has 0 aromatic rings. The number of piperazine rings is 1. The Labute approximate surface area is 131 Å². The highest BCUT2D eigenvalue weighted by molar-refractivity contribution is 4.94. The predicted octanol–water partition coefficient (Wildman–Crippen LogP) is 2.71. The molecule has 2 saturated carbocycles. The number of nitrogens with one attached hydrogen (secondary N) is 1. The fraction of sp³-hybridized carbons (Fsp3) is 1.00. The molecule has 3 aliphatic rings. The van der Waals surface area contributed by atoms with Gasteiger partial charge in [0.2, 0.25) is 0 Å². The minimum atomic E-state index is 0.746. The van der Waals surface area contributed by atoms with E-state index in [1.54, 1.807) is 0 Å². The third kappa shape index (κ3) is 4.00. The molecule has 1 aliphatic heterocycles. The van der Waals surface area contributed by atoms with Gasteiger partial charge in [0.05, 0.1) is 0 Å². The van der Waals surface area contributed by atoms with E-state index in [1.807, 2.05) is 0 Å². The summed E-state index contributed by atoms with van der Waals surface area (Å²) in [5, 5.41) is 3.79. The third-order valence-electron chi connectivity index (χ3n) is 5.97. The normalized spacial score (nSPS) is 36.0. The molecule has 21 heavy (non-hydrogen) atoms. The van der Waals surface area contributed by atoms with Crippen LogP contribution >= 0.6 is 0 Å². The molecular weight excluding hydrogens is 258 g/mol. The second-order valence-corrected chi connectivity index (χ2v) is 7.50. The lowest BCUT2D eigenvalue weighted by molar-refractivity contribution is 0.0442. The molecule has 0 aromatic carbocycles. The summed E-state index contributed by atoms with van der Waals surface area (Å²) in [6, 6.07) is 2.50. The van der Waals surface area contributed by atoms with Crippen LogP contribution < -0.4 is 5.32 Å². The molecule has 0 radical (unpaired) electrons. The minimum Gasteiger partial charge on any atom is -0.313 e. The van der Waals surface area contributed by atoms with Crippen LogP contribution in [0.2, 0.25) is 0 Å². The summed E-state index contributed by atoms with van der Waals surface area (Å²) in [6.07, 6.45) is 10.0. The van der Waals surface area contributed by atoms with Gasteiger partial charge >= 0.3 is 0 Å². The maximum atomic E-state index is 3.79. The summed E-state index contributed by atoms with van der Waals surface area (Å²) in [6.45, 7) is 11.0. The van der Waals surface area contributed by atoms with Crippen LogP contribution in [0.5, 0.6) is 0 Å². The molecule has 0 spiro atoms. The van der Waals surface area contributed by atoms with Gasteiger partial charge in [0.25, 0.3) is 0 Å². The molecule has 0 bridgehead atoms. The van der Waals surface area contributed by atoms with Crippen LogP contribution in [0, 0.1) is 5.92 Å². The first-order valence-corrected chi connectivity index (χ1v) is 9.53. The highest BCUT2D eigenvalue weighted by Crippen LogP contribution is 2.33. The number of likely N-dealkylation sites (N-methyl/N-ethyl adjacent to an activating group) is 1. The molecule has 3 unspecified atom stereocenters. The minimum absolute atomic E-state index is 0.746. The number of hydrogen-bond donors (Lipinski definition) is 1. The van der Waals surface area contributed by atoms with Crippen LogP contribution in [0.15, 0.2) is 0 Å². The van der Waals surface area contributed by atoms with Crippen LogP contribution in [0.1, 0.15) is 58.8 Å². The van der Waals surface area contributed by atoms with Crippen molar-refractivity contribution in [2.45, 2.75) is 76.9 Å². The molecule has 122 valence electrons. The van der Waals surface area contributed by atoms with E-state index in [1.165, 1.54) is 71.1 Å². The fourth-order valence-corrected chi connectivity index (χ4v) is 4.68. The van der Waals surface area contributed by atoms with Gasteiger partial charge < -0.3 is 5.32 Å². The van der Waals surface area contributed by atoms with Crippen molar-refractivity contribution in [3.8, 4) is 0 Å². The third-order valence-corrected chi connectivity index (χ3v) is 5.97. The van der Waals surface area contributed by atoms with Crippen LogP contribution in [-0.2, 0) is 0 Å². The van der Waals surface area contributed by atoms with Gasteiger partial charge in [-0.1, -0.05) is 26.7 Å². The Hall–Kier alpha value is -0.120. The second kappa shape index (κ2) is 7.43. The molecule has 3 atom stereocenters. The molecule has 1 saturated heterocycles. The van der Waals surface area contributed by atoms with Crippen molar-refractivity contribution >= 4 is 0 Å². The monoisotopic (exact) mass is 293 g/mol. The first-order chi connectivity index (χ1) is 10.3. The maximum Gasteiger partial charge on any atom is 0.0253 e. The van der Waals surface area contributed by atoms with Crippen molar-refractivity contribution in [3.05, 3.63) is 0 Å². The molecule has 0 amide bonds. The zero-order valence-corrected chi connectivity index (χ0v) is 14.2. The summed E-state index contributed by atoms with van der Waals surface area (Å²) in [7, 11) is 0. The molecule has 1 N–H and O–H groups in total. The first kappa shape index (κ1) is 15.8. The van der Waals surface area contributed by atoms with Crippen LogP contribution in [0.3, 0.4) is 0 Å². The van der Waals surface area contributed by atoms with Crippen molar-refractivity contribution in [3.63, 3.8) is 0 Å². The molecule has 3 fully saturated rings. The van der Waals surface area contributed by atoms with Crippen molar-refractivity contribution in [2.24, 2.45) is 5.92 Å². The molecule has 3 rings (SSSR count). The molecule has 3 heteroatoms. The number of rotatable bonds is 6. The number of nitrogens with zero attached hydrogens (tertiary/aromatic N) is 2. The van der Waals surface area contributed by atoms with E-state index in [9.17, 15) is 0 Å². The maximum absolute atomic E-state index is 3.79. The van der Waals surface area contributed by atoms with E-state index in [-0.39, 0.29) is 0 Å². The van der Waals surface area contributed by atoms with E-state index < -0.39 is 0 Å². The quantitative estimate of drug-likeness (QED) is 0.812. The van der Waals surface area contributed by atoms with Crippen LogP contribution in [0.4, 0.5) is 0 Å². The summed E-state index contributed by atoms with van der Waals surface area (Å²) < 4.78 is 0. The van der Waals surface area contributed by atoms with Crippen molar-refractivity contribution in [2.75, 3.05) is 32.7 Å². The van der Waals surface area contributed by atoms with Gasteiger partial charge in [0, 0.05) is 44.3 Å². The highest BCUT2D eigenvalue weighted by Gasteiger charge is 2.37. The van der Waals surface area contributed by atoms with Gasteiger partial charge in [0.15, 0.2) is 0 Å². The van der Waals surface area contributed by atoms with Crippen LogP contribution in [-0.4, -0.2) is 60.6 Å². The smallest absolute Gasteiger partial charge is 0.0253 e. The Balaban J connectivity index is 1.56. The van der Waals surface area contributed by atoms with Gasteiger partial charge in [-0.25, -0.2) is 0 Å². The standard InChI is InChI=1S/C18H35N3/c1-3-5-15-6-9-17(19-4-2)18(14-15)21-12-10-20(11-13-21)16-7-8-16/h15-19H,3-14H2,1-2H3.